The standard InChI is InChI=1S/C16H24N2O.ClH/c1-4-13-11-14(8-7-12(13)2)18-15(19)16(3)9-5-6-10-17-16;/h7-8,11,17H,4-6,9-10H2,1-3H3,(H,18,19);1H. The first-order valence-electron chi connectivity index (χ1n) is 7.21. The van der Waals surface area contributed by atoms with Crippen molar-refractivity contribution in [3.63, 3.8) is 0 Å². The molecule has 0 aliphatic carbocycles. The minimum atomic E-state index is -0.421. The van der Waals surface area contributed by atoms with E-state index in [-0.39, 0.29) is 18.3 Å². The largest absolute Gasteiger partial charge is 0.324 e. The van der Waals surface area contributed by atoms with Gasteiger partial charge >= 0.3 is 0 Å². The van der Waals surface area contributed by atoms with Crippen LogP contribution in [-0.2, 0) is 11.2 Å². The number of rotatable bonds is 3. The number of amides is 1. The molecule has 0 saturated carbocycles. The molecular weight excluding hydrogens is 272 g/mol. The number of halogens is 1. The van der Waals surface area contributed by atoms with Gasteiger partial charge in [-0.2, -0.15) is 0 Å². The summed E-state index contributed by atoms with van der Waals surface area (Å²) in [4.78, 5) is 12.4. The van der Waals surface area contributed by atoms with E-state index in [9.17, 15) is 4.79 Å². The molecule has 0 spiro atoms. The molecular formula is C16H25ClN2O. The number of aryl methyl sites for hydroxylation is 2. The maximum atomic E-state index is 12.4. The van der Waals surface area contributed by atoms with Crippen LogP contribution in [0.25, 0.3) is 0 Å². The lowest BCUT2D eigenvalue weighted by atomic mass is 9.90. The Kier molecular flexibility index (Phi) is 6.03. The van der Waals surface area contributed by atoms with Gasteiger partial charge in [0.05, 0.1) is 5.54 Å². The molecule has 1 unspecified atom stereocenters. The average Bonchev–Trinajstić information content (AvgIpc) is 2.41. The van der Waals surface area contributed by atoms with Crippen LogP contribution < -0.4 is 10.6 Å². The first-order chi connectivity index (χ1) is 9.05. The zero-order chi connectivity index (χ0) is 13.9. The van der Waals surface area contributed by atoms with Gasteiger partial charge in [0.25, 0.3) is 0 Å². The highest BCUT2D eigenvalue weighted by molar-refractivity contribution is 5.98. The van der Waals surface area contributed by atoms with E-state index in [2.05, 4.69) is 36.6 Å². The van der Waals surface area contributed by atoms with E-state index in [4.69, 9.17) is 0 Å². The number of carbonyl (C=O) groups excluding carboxylic acids is 1. The monoisotopic (exact) mass is 296 g/mol. The molecule has 1 saturated heterocycles. The Bertz CT molecular complexity index is 468. The van der Waals surface area contributed by atoms with E-state index in [0.717, 1.165) is 37.9 Å². The molecule has 1 aliphatic heterocycles. The van der Waals surface area contributed by atoms with E-state index in [1.165, 1.54) is 11.1 Å². The van der Waals surface area contributed by atoms with Gasteiger partial charge in [0.15, 0.2) is 0 Å². The van der Waals surface area contributed by atoms with E-state index in [1.807, 2.05) is 13.0 Å². The second-order valence-electron chi connectivity index (χ2n) is 5.66. The number of hydrogen-bond donors (Lipinski definition) is 2. The Morgan fingerprint density at radius 3 is 2.75 bits per heavy atom. The molecule has 1 aromatic rings. The minimum absolute atomic E-state index is 0. The number of anilines is 1. The number of hydrogen-bond acceptors (Lipinski definition) is 2. The van der Waals surface area contributed by atoms with Crippen molar-refractivity contribution in [2.24, 2.45) is 0 Å². The van der Waals surface area contributed by atoms with Crippen LogP contribution in [0.2, 0.25) is 0 Å². The van der Waals surface area contributed by atoms with E-state index < -0.39 is 5.54 Å². The summed E-state index contributed by atoms with van der Waals surface area (Å²) in [5.74, 6) is 0.0816. The van der Waals surface area contributed by atoms with Gasteiger partial charge in [0, 0.05) is 5.69 Å². The van der Waals surface area contributed by atoms with Gasteiger partial charge in [-0.3, -0.25) is 4.79 Å². The SMILES string of the molecule is CCc1cc(NC(=O)C2(C)CCCCN2)ccc1C.Cl. The van der Waals surface area contributed by atoms with Crippen LogP contribution in [0.3, 0.4) is 0 Å². The summed E-state index contributed by atoms with van der Waals surface area (Å²) >= 11 is 0. The summed E-state index contributed by atoms with van der Waals surface area (Å²) in [7, 11) is 0. The summed E-state index contributed by atoms with van der Waals surface area (Å²) in [6.45, 7) is 7.17. The number of nitrogens with one attached hydrogen (secondary N) is 2. The lowest BCUT2D eigenvalue weighted by Gasteiger charge is -2.33. The van der Waals surface area contributed by atoms with Gasteiger partial charge in [0.1, 0.15) is 0 Å². The van der Waals surface area contributed by atoms with E-state index in [1.54, 1.807) is 0 Å². The normalized spacial score (nSPS) is 21.9. The molecule has 2 N–H and O–H groups in total. The maximum Gasteiger partial charge on any atom is 0.244 e. The Labute approximate surface area is 127 Å². The smallest absolute Gasteiger partial charge is 0.244 e. The topological polar surface area (TPSA) is 41.1 Å². The Morgan fingerprint density at radius 2 is 2.15 bits per heavy atom. The highest BCUT2D eigenvalue weighted by Crippen LogP contribution is 2.22. The fourth-order valence-corrected chi connectivity index (χ4v) is 2.65. The fraction of sp³-hybridized carbons (Fsp3) is 0.562. The van der Waals surface area contributed by atoms with Gasteiger partial charge in [-0.1, -0.05) is 13.0 Å². The zero-order valence-electron chi connectivity index (χ0n) is 12.6. The molecule has 0 radical (unpaired) electrons. The third kappa shape index (κ3) is 3.74. The third-order valence-corrected chi connectivity index (χ3v) is 4.11. The first-order valence-corrected chi connectivity index (χ1v) is 7.21. The van der Waals surface area contributed by atoms with Crippen molar-refractivity contribution in [2.45, 2.75) is 52.0 Å². The molecule has 3 nitrogen and oxygen atoms in total. The summed E-state index contributed by atoms with van der Waals surface area (Å²) < 4.78 is 0. The Balaban J connectivity index is 0.00000200. The van der Waals surface area contributed by atoms with Crippen LogP contribution in [0, 0.1) is 6.92 Å². The van der Waals surface area contributed by atoms with Crippen LogP contribution in [0.1, 0.15) is 44.2 Å². The molecule has 0 aromatic heterocycles. The molecule has 1 fully saturated rings. The molecule has 2 rings (SSSR count). The quantitative estimate of drug-likeness (QED) is 0.897. The maximum absolute atomic E-state index is 12.4. The second kappa shape index (κ2) is 7.09. The van der Waals surface area contributed by atoms with Crippen LogP contribution in [0.4, 0.5) is 5.69 Å². The average molecular weight is 297 g/mol. The predicted molar refractivity (Wildman–Crippen MR) is 86.7 cm³/mol. The Hall–Kier alpha value is -1.06. The van der Waals surface area contributed by atoms with Gasteiger partial charge in [0.2, 0.25) is 5.91 Å². The van der Waals surface area contributed by atoms with Gasteiger partial charge in [-0.05, 0) is 69.3 Å². The van der Waals surface area contributed by atoms with Gasteiger partial charge in [-0.15, -0.1) is 12.4 Å². The van der Waals surface area contributed by atoms with Crippen LogP contribution in [0.5, 0.6) is 0 Å². The predicted octanol–water partition coefficient (Wildman–Crippen LogP) is 3.45. The fourth-order valence-electron chi connectivity index (χ4n) is 2.65. The van der Waals surface area contributed by atoms with Crippen molar-refractivity contribution >= 4 is 24.0 Å². The second-order valence-corrected chi connectivity index (χ2v) is 5.66. The van der Waals surface area contributed by atoms with Gasteiger partial charge in [-0.25, -0.2) is 0 Å². The number of piperidine rings is 1. The summed E-state index contributed by atoms with van der Waals surface area (Å²) in [5, 5.41) is 6.40. The summed E-state index contributed by atoms with van der Waals surface area (Å²) in [6, 6.07) is 6.14. The molecule has 1 aliphatic rings. The summed E-state index contributed by atoms with van der Waals surface area (Å²) in [6.07, 6.45) is 4.18. The number of benzene rings is 1. The molecule has 1 amide bonds. The molecule has 4 heteroatoms. The highest BCUT2D eigenvalue weighted by Gasteiger charge is 2.34. The van der Waals surface area contributed by atoms with Crippen molar-refractivity contribution < 1.29 is 4.79 Å². The molecule has 112 valence electrons. The first kappa shape index (κ1) is 17.0. The van der Waals surface area contributed by atoms with Crippen molar-refractivity contribution in [1.29, 1.82) is 0 Å². The van der Waals surface area contributed by atoms with E-state index in [0.29, 0.717) is 0 Å². The lowest BCUT2D eigenvalue weighted by molar-refractivity contribution is -0.122. The van der Waals surface area contributed by atoms with E-state index >= 15 is 0 Å². The summed E-state index contributed by atoms with van der Waals surface area (Å²) in [5.41, 5.74) is 3.05. The Morgan fingerprint density at radius 1 is 1.40 bits per heavy atom. The van der Waals surface area contributed by atoms with Crippen LogP contribution >= 0.6 is 12.4 Å². The third-order valence-electron chi connectivity index (χ3n) is 4.11. The molecule has 1 atom stereocenters. The zero-order valence-corrected chi connectivity index (χ0v) is 13.4. The highest BCUT2D eigenvalue weighted by atomic mass is 35.5. The van der Waals surface area contributed by atoms with Crippen molar-refractivity contribution in [3.8, 4) is 0 Å². The molecule has 0 bridgehead atoms. The van der Waals surface area contributed by atoms with Crippen LogP contribution in [0.15, 0.2) is 18.2 Å². The number of carbonyl (C=O) groups is 1. The van der Waals surface area contributed by atoms with Gasteiger partial charge < -0.3 is 10.6 Å². The minimum Gasteiger partial charge on any atom is -0.324 e. The molecule has 1 heterocycles. The van der Waals surface area contributed by atoms with Crippen LogP contribution in [-0.4, -0.2) is 18.0 Å². The molecule has 1 aromatic carbocycles. The van der Waals surface area contributed by atoms with Crippen molar-refractivity contribution in [2.75, 3.05) is 11.9 Å². The lowest BCUT2D eigenvalue weighted by Crippen LogP contribution is -2.54. The van der Waals surface area contributed by atoms with Crippen molar-refractivity contribution in [3.05, 3.63) is 29.3 Å². The molecule has 20 heavy (non-hydrogen) atoms. The van der Waals surface area contributed by atoms with Crippen molar-refractivity contribution in [1.82, 2.24) is 5.32 Å².